The van der Waals surface area contributed by atoms with E-state index in [1.54, 1.807) is 0 Å². The maximum absolute atomic E-state index is 10.7. The highest BCUT2D eigenvalue weighted by atomic mass is 28.3. The minimum atomic E-state index is -1.04. The number of hydrogen-bond donors (Lipinski definition) is 0. The van der Waals surface area contributed by atoms with Crippen molar-refractivity contribution in [1.82, 2.24) is 0 Å². The van der Waals surface area contributed by atoms with E-state index < -0.39 is 8.07 Å². The number of ether oxygens (including phenoxy) is 2. The molecule has 0 N–H and O–H groups in total. The Morgan fingerprint density at radius 1 is 1.32 bits per heavy atom. The van der Waals surface area contributed by atoms with E-state index in [2.05, 4.69) is 33.1 Å². The highest BCUT2D eigenvalue weighted by Crippen LogP contribution is 2.16. The Balaban J connectivity index is 4.21. The summed E-state index contributed by atoms with van der Waals surface area (Å²) in [5.74, 6) is 0.0162. The quantitative estimate of drug-likeness (QED) is 0.169. The van der Waals surface area contributed by atoms with Crippen LogP contribution in [-0.2, 0) is 14.3 Å². The van der Waals surface area contributed by atoms with Crippen molar-refractivity contribution in [2.24, 2.45) is 5.92 Å². The lowest BCUT2D eigenvalue weighted by Crippen LogP contribution is -2.23. The molecule has 0 unspecified atom stereocenters. The maximum Gasteiger partial charge on any atom is 0.147 e. The lowest BCUT2D eigenvalue weighted by molar-refractivity contribution is -0.110. The second-order valence-corrected chi connectivity index (χ2v) is 12.9. The van der Waals surface area contributed by atoms with Crippen LogP contribution in [0.1, 0.15) is 33.6 Å². The Morgan fingerprint density at radius 2 is 1.95 bits per heavy atom. The van der Waals surface area contributed by atoms with E-state index in [0.29, 0.717) is 13.2 Å². The Hall–Kier alpha value is -0.713. The molecule has 0 rings (SSSR count). The Labute approximate surface area is 137 Å². The summed E-state index contributed by atoms with van der Waals surface area (Å²) in [5.41, 5.74) is 2.11. The summed E-state index contributed by atoms with van der Waals surface area (Å²) in [7, 11) is -1.04. The molecule has 0 aromatic carbocycles. The van der Waals surface area contributed by atoms with Crippen LogP contribution in [0, 0.1) is 5.92 Å². The molecule has 0 amide bonds. The Bertz CT molecular complexity index is 369. The fourth-order valence-electron chi connectivity index (χ4n) is 2.07. The van der Waals surface area contributed by atoms with E-state index in [4.69, 9.17) is 9.47 Å². The summed E-state index contributed by atoms with van der Waals surface area (Å²) in [5, 5.41) is 0. The summed E-state index contributed by atoms with van der Waals surface area (Å²) in [4.78, 5) is 10.7. The molecule has 0 saturated carbocycles. The van der Waals surface area contributed by atoms with Gasteiger partial charge >= 0.3 is 0 Å². The van der Waals surface area contributed by atoms with Crippen molar-refractivity contribution < 1.29 is 14.3 Å². The summed E-state index contributed by atoms with van der Waals surface area (Å²) in [6.45, 7) is 18.2. The fourth-order valence-corrected chi connectivity index (χ4v) is 2.83. The van der Waals surface area contributed by atoms with Gasteiger partial charge in [-0.05, 0) is 31.4 Å². The maximum atomic E-state index is 10.7. The molecule has 0 radical (unpaired) electrons. The lowest BCUT2D eigenvalue weighted by Gasteiger charge is -2.19. The minimum Gasteiger partial charge on any atom is -0.356 e. The number of aldehydes is 1. The molecule has 0 aliphatic carbocycles. The number of rotatable bonds is 12. The number of carbonyl (C=O) groups is 1. The highest BCUT2D eigenvalue weighted by molar-refractivity contribution is 6.76. The predicted molar refractivity (Wildman–Crippen MR) is 96.9 cm³/mol. The zero-order chi connectivity index (χ0) is 17.2. The van der Waals surface area contributed by atoms with Crippen molar-refractivity contribution in [3.8, 4) is 0 Å². The molecule has 0 heterocycles. The Kier molecular flexibility index (Phi) is 10.6. The second-order valence-electron chi connectivity index (χ2n) is 7.26. The van der Waals surface area contributed by atoms with E-state index in [1.807, 2.05) is 19.9 Å². The van der Waals surface area contributed by atoms with Crippen LogP contribution >= 0.6 is 0 Å². The topological polar surface area (TPSA) is 35.5 Å². The zero-order valence-electron chi connectivity index (χ0n) is 15.3. The monoisotopic (exact) mass is 326 g/mol. The third-order valence-corrected chi connectivity index (χ3v) is 5.18. The van der Waals surface area contributed by atoms with Crippen molar-refractivity contribution in [2.75, 3.05) is 13.4 Å². The van der Waals surface area contributed by atoms with Gasteiger partial charge in [-0.15, -0.1) is 0 Å². The van der Waals surface area contributed by atoms with Crippen molar-refractivity contribution in [2.45, 2.75) is 65.4 Å². The first kappa shape index (κ1) is 21.3. The zero-order valence-corrected chi connectivity index (χ0v) is 16.3. The highest BCUT2D eigenvalue weighted by Gasteiger charge is 2.13. The molecule has 4 heteroatoms. The Morgan fingerprint density at radius 3 is 2.45 bits per heavy atom. The molecule has 0 aromatic rings. The summed E-state index contributed by atoms with van der Waals surface area (Å²) in [6.07, 6.45) is 4.65. The SMILES string of the molecule is C=C(/C=C(\C)[C@H](CC)OCOCC[Si](C)(C)C)C[C@@H](C)C=O. The molecular weight excluding hydrogens is 292 g/mol. The first-order valence-corrected chi connectivity index (χ1v) is 11.9. The third kappa shape index (κ3) is 10.9. The van der Waals surface area contributed by atoms with Gasteiger partial charge in [0.1, 0.15) is 13.1 Å². The molecule has 22 heavy (non-hydrogen) atoms. The summed E-state index contributed by atoms with van der Waals surface area (Å²) < 4.78 is 11.4. The van der Waals surface area contributed by atoms with Gasteiger partial charge in [-0.25, -0.2) is 0 Å². The molecule has 0 spiro atoms. The van der Waals surface area contributed by atoms with Crippen LogP contribution in [0.15, 0.2) is 23.8 Å². The van der Waals surface area contributed by atoms with Gasteiger partial charge in [-0.1, -0.05) is 51.7 Å². The van der Waals surface area contributed by atoms with Gasteiger partial charge in [0.15, 0.2) is 0 Å². The van der Waals surface area contributed by atoms with E-state index in [9.17, 15) is 4.79 Å². The van der Waals surface area contributed by atoms with Crippen molar-refractivity contribution in [3.63, 3.8) is 0 Å². The van der Waals surface area contributed by atoms with E-state index in [-0.39, 0.29) is 12.0 Å². The average molecular weight is 327 g/mol. The van der Waals surface area contributed by atoms with E-state index in [0.717, 1.165) is 36.5 Å². The molecule has 0 aliphatic rings. The van der Waals surface area contributed by atoms with Crippen LogP contribution in [0.4, 0.5) is 0 Å². The average Bonchev–Trinajstić information content (AvgIpc) is 2.40. The van der Waals surface area contributed by atoms with Gasteiger partial charge in [-0.3, -0.25) is 0 Å². The fraction of sp³-hybridized carbons (Fsp3) is 0.722. The molecule has 128 valence electrons. The third-order valence-electron chi connectivity index (χ3n) is 3.48. The smallest absolute Gasteiger partial charge is 0.147 e. The molecule has 0 aromatic heterocycles. The molecule has 0 fully saturated rings. The van der Waals surface area contributed by atoms with Gasteiger partial charge in [-0.2, -0.15) is 0 Å². The molecular formula is C18H34O3Si. The largest absolute Gasteiger partial charge is 0.356 e. The van der Waals surface area contributed by atoms with Crippen LogP contribution in [0.5, 0.6) is 0 Å². The molecule has 0 aliphatic heterocycles. The molecule has 0 bridgehead atoms. The normalized spacial score (nSPS) is 15.5. The van der Waals surface area contributed by atoms with Crippen LogP contribution in [-0.4, -0.2) is 33.9 Å². The van der Waals surface area contributed by atoms with Crippen molar-refractivity contribution in [1.29, 1.82) is 0 Å². The van der Waals surface area contributed by atoms with Crippen LogP contribution in [0.25, 0.3) is 0 Å². The summed E-state index contributed by atoms with van der Waals surface area (Å²) >= 11 is 0. The molecule has 0 saturated heterocycles. The second kappa shape index (κ2) is 10.9. The molecule has 3 nitrogen and oxygen atoms in total. The van der Waals surface area contributed by atoms with Crippen LogP contribution in [0.3, 0.4) is 0 Å². The van der Waals surface area contributed by atoms with Gasteiger partial charge < -0.3 is 14.3 Å². The van der Waals surface area contributed by atoms with Gasteiger partial charge in [0.2, 0.25) is 0 Å². The van der Waals surface area contributed by atoms with Crippen LogP contribution < -0.4 is 0 Å². The molecule has 2 atom stereocenters. The minimum absolute atomic E-state index is 0.0162. The van der Waals surface area contributed by atoms with Crippen molar-refractivity contribution >= 4 is 14.4 Å². The lowest BCUT2D eigenvalue weighted by atomic mass is 10.00. The number of allylic oxidation sites excluding steroid dienone is 2. The van der Waals surface area contributed by atoms with Gasteiger partial charge in [0.25, 0.3) is 0 Å². The number of carbonyl (C=O) groups excluding carboxylic acids is 1. The van der Waals surface area contributed by atoms with Crippen molar-refractivity contribution in [3.05, 3.63) is 23.8 Å². The standard InChI is InChI=1S/C18H34O3Si/c1-8-18(21-14-20-9-10-22(5,6)7)17(4)12-15(2)11-16(3)13-19/h12-13,16,18H,2,8-11,14H2,1,3-7H3/b17-12+/t16-,18+/m1/s1. The van der Waals surface area contributed by atoms with Gasteiger partial charge in [0, 0.05) is 20.6 Å². The van der Waals surface area contributed by atoms with E-state index in [1.165, 1.54) is 0 Å². The van der Waals surface area contributed by atoms with E-state index >= 15 is 0 Å². The first-order chi connectivity index (χ1) is 10.2. The van der Waals surface area contributed by atoms with Crippen LogP contribution in [0.2, 0.25) is 25.7 Å². The first-order valence-electron chi connectivity index (χ1n) is 8.20. The number of hydrogen-bond acceptors (Lipinski definition) is 3. The predicted octanol–water partition coefficient (Wildman–Crippen LogP) is 4.82. The summed E-state index contributed by atoms with van der Waals surface area (Å²) in [6, 6.07) is 1.16. The van der Waals surface area contributed by atoms with Gasteiger partial charge in [0.05, 0.1) is 6.10 Å².